The lowest BCUT2D eigenvalue weighted by molar-refractivity contribution is 0.716. The largest absolute Gasteiger partial charge is 0.118 e. The molecule has 0 N–H and O–H groups in total. The molecule has 3 aliphatic carbocycles. The van der Waals surface area contributed by atoms with Crippen molar-refractivity contribution in [3.05, 3.63) is 0 Å². The minimum Gasteiger partial charge on any atom is -0.118 e. The first-order valence-corrected chi connectivity index (χ1v) is 4.24. The van der Waals surface area contributed by atoms with Crippen molar-refractivity contribution in [3.8, 4) is 24.7 Å². The summed E-state index contributed by atoms with van der Waals surface area (Å²) in [6, 6.07) is 0. The second-order valence-electron chi connectivity index (χ2n) is 4.20. The number of hydrogen-bond donors (Lipinski definition) is 0. The van der Waals surface area contributed by atoms with Crippen LogP contribution in [0.2, 0.25) is 0 Å². The molecular formula is C11H10. The van der Waals surface area contributed by atoms with Crippen LogP contribution < -0.4 is 0 Å². The Bertz CT molecular complexity index is 279. The van der Waals surface area contributed by atoms with Crippen molar-refractivity contribution >= 4 is 0 Å². The van der Waals surface area contributed by atoms with E-state index in [0.717, 1.165) is 0 Å². The van der Waals surface area contributed by atoms with Crippen LogP contribution in [0.1, 0.15) is 25.7 Å². The van der Waals surface area contributed by atoms with Crippen LogP contribution >= 0.6 is 0 Å². The molecule has 11 heavy (non-hydrogen) atoms. The van der Waals surface area contributed by atoms with Gasteiger partial charge in [-0.25, -0.2) is 0 Å². The predicted octanol–water partition coefficient (Wildman–Crippen LogP) is 1.81. The number of terminal acetylenes is 2. The van der Waals surface area contributed by atoms with E-state index >= 15 is 0 Å². The molecule has 0 amide bonds. The Balaban J connectivity index is 2.16. The Morgan fingerprint density at radius 3 is 1.27 bits per heavy atom. The third kappa shape index (κ3) is 0.287. The lowest BCUT2D eigenvalue weighted by atomic mass is 10.0. The van der Waals surface area contributed by atoms with Crippen molar-refractivity contribution in [2.24, 2.45) is 16.2 Å². The molecule has 0 aromatic rings. The van der Waals surface area contributed by atoms with Crippen LogP contribution in [0, 0.1) is 40.9 Å². The van der Waals surface area contributed by atoms with E-state index in [9.17, 15) is 0 Å². The van der Waals surface area contributed by atoms with E-state index in [1.54, 1.807) is 0 Å². The Morgan fingerprint density at radius 1 is 0.818 bits per heavy atom. The van der Waals surface area contributed by atoms with E-state index in [0.29, 0.717) is 10.8 Å². The van der Waals surface area contributed by atoms with Crippen molar-refractivity contribution < 1.29 is 0 Å². The van der Waals surface area contributed by atoms with Crippen molar-refractivity contribution in [3.63, 3.8) is 0 Å². The topological polar surface area (TPSA) is 0 Å². The van der Waals surface area contributed by atoms with Crippen LogP contribution in [-0.2, 0) is 0 Å². The first-order valence-electron chi connectivity index (χ1n) is 4.24. The average Bonchev–Trinajstić information content (AvgIpc) is 2.86. The zero-order chi connectivity index (χ0) is 7.74. The van der Waals surface area contributed by atoms with Gasteiger partial charge in [0.15, 0.2) is 0 Å². The second-order valence-corrected chi connectivity index (χ2v) is 4.20. The minimum absolute atomic E-state index is 0.0972. The summed E-state index contributed by atoms with van der Waals surface area (Å²) < 4.78 is 0. The minimum atomic E-state index is -0.0972. The van der Waals surface area contributed by atoms with Crippen molar-refractivity contribution in [1.29, 1.82) is 0 Å². The maximum Gasteiger partial charge on any atom is 0.104 e. The van der Waals surface area contributed by atoms with Crippen molar-refractivity contribution in [2.45, 2.75) is 25.7 Å². The maximum atomic E-state index is 5.52. The summed E-state index contributed by atoms with van der Waals surface area (Å²) in [4.78, 5) is 0. The molecule has 54 valence electrons. The fourth-order valence-electron chi connectivity index (χ4n) is 3.39. The quantitative estimate of drug-likeness (QED) is 0.452. The van der Waals surface area contributed by atoms with Gasteiger partial charge in [-0.3, -0.25) is 0 Å². The lowest BCUT2D eigenvalue weighted by Crippen LogP contribution is -1.97. The number of fused-ring (bicyclic) bond motifs is 1. The Labute approximate surface area is 67.4 Å². The summed E-state index contributed by atoms with van der Waals surface area (Å²) >= 11 is 0. The highest BCUT2D eigenvalue weighted by molar-refractivity contribution is 5.56. The van der Waals surface area contributed by atoms with E-state index < -0.39 is 0 Å². The second kappa shape index (κ2) is 1.12. The molecule has 0 aromatic carbocycles. The molecule has 0 heterocycles. The van der Waals surface area contributed by atoms with E-state index in [2.05, 4.69) is 11.8 Å². The Kier molecular flexibility index (Phi) is 0.586. The normalized spacial score (nSPS) is 35.8. The van der Waals surface area contributed by atoms with Gasteiger partial charge in [-0.15, -0.1) is 12.8 Å². The van der Waals surface area contributed by atoms with Gasteiger partial charge in [0.2, 0.25) is 0 Å². The number of rotatable bonds is 0. The molecular weight excluding hydrogens is 132 g/mol. The molecule has 3 aliphatic rings. The van der Waals surface area contributed by atoms with Gasteiger partial charge in [-0.05, 0) is 25.7 Å². The van der Waals surface area contributed by atoms with Crippen molar-refractivity contribution in [1.82, 2.24) is 0 Å². The molecule has 0 aromatic heterocycles. The summed E-state index contributed by atoms with van der Waals surface area (Å²) in [6.07, 6.45) is 16.2. The average molecular weight is 142 g/mol. The van der Waals surface area contributed by atoms with E-state index in [-0.39, 0.29) is 5.41 Å². The molecule has 0 atom stereocenters. The van der Waals surface area contributed by atoms with Gasteiger partial charge >= 0.3 is 0 Å². The molecule has 0 bridgehead atoms. The van der Waals surface area contributed by atoms with Gasteiger partial charge < -0.3 is 0 Å². The SMILES string of the molecule is C#CC1(C#C)C2(CC2)C12CC2. The molecule has 0 aliphatic heterocycles. The number of hydrogen-bond acceptors (Lipinski definition) is 0. The Morgan fingerprint density at radius 2 is 1.18 bits per heavy atom. The van der Waals surface area contributed by atoms with Gasteiger partial charge in [0.25, 0.3) is 0 Å². The third-order valence-electron chi connectivity index (χ3n) is 4.22. The van der Waals surface area contributed by atoms with Crippen LogP contribution in [-0.4, -0.2) is 0 Å². The monoisotopic (exact) mass is 142 g/mol. The first-order chi connectivity index (χ1) is 5.29. The highest BCUT2D eigenvalue weighted by Gasteiger charge is 2.95. The van der Waals surface area contributed by atoms with Crippen LogP contribution in [0.5, 0.6) is 0 Å². The molecule has 0 unspecified atom stereocenters. The molecule has 3 rings (SSSR count). The zero-order valence-corrected chi connectivity index (χ0v) is 6.48. The van der Waals surface area contributed by atoms with Gasteiger partial charge in [0, 0.05) is 10.8 Å². The molecule has 0 heteroatoms. The highest BCUT2D eigenvalue weighted by Crippen LogP contribution is 2.98. The molecule has 0 radical (unpaired) electrons. The molecule has 3 fully saturated rings. The standard InChI is InChI=1S/C11H10/c1-3-9(4-2)10(5-6-10)11(9)7-8-11/h1-2H,5-8H2. The van der Waals surface area contributed by atoms with E-state index in [4.69, 9.17) is 12.8 Å². The van der Waals surface area contributed by atoms with E-state index in [1.165, 1.54) is 25.7 Å². The summed E-state index contributed by atoms with van der Waals surface area (Å²) in [5.74, 6) is 5.74. The van der Waals surface area contributed by atoms with Crippen LogP contribution in [0.3, 0.4) is 0 Å². The van der Waals surface area contributed by atoms with Crippen LogP contribution in [0.4, 0.5) is 0 Å². The van der Waals surface area contributed by atoms with Gasteiger partial charge in [0.05, 0.1) is 0 Å². The van der Waals surface area contributed by atoms with E-state index in [1.807, 2.05) is 0 Å². The van der Waals surface area contributed by atoms with Gasteiger partial charge in [-0.1, -0.05) is 11.8 Å². The highest BCUT2D eigenvalue weighted by atomic mass is 14.9. The van der Waals surface area contributed by atoms with Crippen LogP contribution in [0.25, 0.3) is 0 Å². The third-order valence-corrected chi connectivity index (χ3v) is 4.22. The molecule has 3 saturated carbocycles. The fraction of sp³-hybridized carbons (Fsp3) is 0.636. The smallest absolute Gasteiger partial charge is 0.104 e. The molecule has 2 spiro atoms. The van der Waals surface area contributed by atoms with Crippen LogP contribution in [0.15, 0.2) is 0 Å². The van der Waals surface area contributed by atoms with Crippen molar-refractivity contribution in [2.75, 3.05) is 0 Å². The zero-order valence-electron chi connectivity index (χ0n) is 6.48. The first kappa shape index (κ1) is 5.73. The summed E-state index contributed by atoms with van der Waals surface area (Å²) in [5.41, 5.74) is 0.799. The summed E-state index contributed by atoms with van der Waals surface area (Å²) in [6.45, 7) is 0. The fourth-order valence-corrected chi connectivity index (χ4v) is 3.39. The summed E-state index contributed by atoms with van der Waals surface area (Å²) in [7, 11) is 0. The molecule has 0 saturated heterocycles. The maximum absolute atomic E-state index is 5.52. The summed E-state index contributed by atoms with van der Waals surface area (Å²) in [5, 5.41) is 0. The van der Waals surface area contributed by atoms with Gasteiger partial charge in [0.1, 0.15) is 5.41 Å². The predicted molar refractivity (Wildman–Crippen MR) is 43.4 cm³/mol. The van der Waals surface area contributed by atoms with Gasteiger partial charge in [-0.2, -0.15) is 0 Å². The Hall–Kier alpha value is -0.880. The molecule has 0 nitrogen and oxygen atoms in total. The lowest BCUT2D eigenvalue weighted by Gasteiger charge is -1.96.